The van der Waals surface area contributed by atoms with Gasteiger partial charge in [0, 0.05) is 27.2 Å². The van der Waals surface area contributed by atoms with E-state index >= 15 is 0 Å². The van der Waals surface area contributed by atoms with Crippen LogP contribution in [0.4, 0.5) is 0 Å². The molecule has 0 saturated heterocycles. The molecule has 2 amide bonds. The highest BCUT2D eigenvalue weighted by atomic mass is 16.7. The first-order chi connectivity index (χ1) is 17.0. The number of benzene rings is 2. The third-order valence-electron chi connectivity index (χ3n) is 5.88. The monoisotopic (exact) mass is 483 g/mol. The number of carbonyl (C=O) groups is 2. The second-order valence-corrected chi connectivity index (χ2v) is 8.09. The lowest BCUT2D eigenvalue weighted by molar-refractivity contribution is -0.144. The van der Waals surface area contributed by atoms with Crippen molar-refractivity contribution in [2.45, 2.75) is 12.5 Å². The van der Waals surface area contributed by atoms with Crippen LogP contribution in [0.15, 0.2) is 47.6 Å². The zero-order valence-corrected chi connectivity index (χ0v) is 20.1. The maximum absolute atomic E-state index is 13.5. The molecule has 0 bridgehead atoms. The number of ether oxygens (including phenoxy) is 5. The van der Waals surface area contributed by atoms with Crippen LogP contribution in [-0.4, -0.2) is 81.9 Å². The number of nitrogens with zero attached hydrogens (tertiary/aromatic N) is 3. The molecule has 0 N–H and O–H groups in total. The van der Waals surface area contributed by atoms with Gasteiger partial charge in [0.05, 0.1) is 25.5 Å². The SMILES string of the molecule is COCCN(CC(=O)N1N=C(c2ccc(OC)cc2)CC1c1ccc2c(c1)OCO2)C(=O)COC. The number of methoxy groups -OCH3 is 3. The molecule has 2 aliphatic heterocycles. The van der Waals surface area contributed by atoms with Crippen LogP contribution in [0.2, 0.25) is 0 Å². The maximum atomic E-state index is 13.5. The first-order valence-corrected chi connectivity index (χ1v) is 11.2. The van der Waals surface area contributed by atoms with Gasteiger partial charge in [-0.15, -0.1) is 0 Å². The molecular formula is C25H29N3O7. The number of hydrogen-bond donors (Lipinski definition) is 0. The van der Waals surface area contributed by atoms with E-state index in [0.717, 1.165) is 22.6 Å². The largest absolute Gasteiger partial charge is 0.497 e. The Hall–Kier alpha value is -3.63. The molecule has 0 aliphatic carbocycles. The van der Waals surface area contributed by atoms with Crippen molar-refractivity contribution >= 4 is 17.5 Å². The third kappa shape index (κ3) is 5.55. The Balaban J connectivity index is 1.62. The van der Waals surface area contributed by atoms with Crippen LogP contribution in [0.5, 0.6) is 17.2 Å². The van der Waals surface area contributed by atoms with Gasteiger partial charge in [0.15, 0.2) is 11.5 Å². The van der Waals surface area contributed by atoms with Gasteiger partial charge < -0.3 is 28.6 Å². The van der Waals surface area contributed by atoms with Crippen molar-refractivity contribution in [1.82, 2.24) is 9.91 Å². The highest BCUT2D eigenvalue weighted by Gasteiger charge is 2.35. The zero-order chi connectivity index (χ0) is 24.8. The normalized spacial score (nSPS) is 16.3. The van der Waals surface area contributed by atoms with Gasteiger partial charge in [0.1, 0.15) is 18.9 Å². The molecule has 0 saturated carbocycles. The Morgan fingerprint density at radius 2 is 1.83 bits per heavy atom. The Bertz CT molecular complexity index is 1090. The lowest BCUT2D eigenvalue weighted by Gasteiger charge is -2.27. The highest BCUT2D eigenvalue weighted by Crippen LogP contribution is 2.39. The summed E-state index contributed by atoms with van der Waals surface area (Å²) in [6, 6.07) is 12.8. The summed E-state index contributed by atoms with van der Waals surface area (Å²) in [5, 5.41) is 6.15. The molecule has 10 nitrogen and oxygen atoms in total. The van der Waals surface area contributed by atoms with Crippen LogP contribution in [0.3, 0.4) is 0 Å². The van der Waals surface area contributed by atoms with E-state index in [4.69, 9.17) is 28.8 Å². The second kappa shape index (κ2) is 11.2. The lowest BCUT2D eigenvalue weighted by atomic mass is 9.98. The van der Waals surface area contributed by atoms with Gasteiger partial charge in [-0.1, -0.05) is 6.07 Å². The fraction of sp³-hybridized carbons (Fsp3) is 0.400. The van der Waals surface area contributed by atoms with Crippen molar-refractivity contribution in [1.29, 1.82) is 0 Å². The van der Waals surface area contributed by atoms with E-state index in [1.165, 1.54) is 17.0 Å². The molecule has 2 aromatic carbocycles. The Morgan fingerprint density at radius 3 is 2.54 bits per heavy atom. The molecule has 10 heteroatoms. The number of fused-ring (bicyclic) bond motifs is 1. The van der Waals surface area contributed by atoms with Gasteiger partial charge in [-0.3, -0.25) is 9.59 Å². The standard InChI is InChI=1S/C25H29N3O7/c1-31-11-10-27(25(30)15-32-2)14-24(29)28-21(18-6-9-22-23(12-18)35-16-34-22)13-20(26-28)17-4-7-19(33-3)8-5-17/h4-9,12,21H,10-11,13-16H2,1-3H3. The number of hydrogen-bond acceptors (Lipinski definition) is 8. The van der Waals surface area contributed by atoms with Crippen LogP contribution in [0, 0.1) is 0 Å². The van der Waals surface area contributed by atoms with E-state index in [9.17, 15) is 9.59 Å². The number of hydrazone groups is 1. The van der Waals surface area contributed by atoms with Gasteiger partial charge in [-0.25, -0.2) is 5.01 Å². The Kier molecular flexibility index (Phi) is 7.84. The third-order valence-corrected chi connectivity index (χ3v) is 5.88. The molecule has 0 radical (unpaired) electrons. The minimum atomic E-state index is -0.365. The van der Waals surface area contributed by atoms with Crippen LogP contribution >= 0.6 is 0 Å². The molecule has 0 spiro atoms. The summed E-state index contributed by atoms with van der Waals surface area (Å²) in [6.07, 6.45) is 0.502. The number of amides is 2. The van der Waals surface area contributed by atoms with E-state index < -0.39 is 0 Å². The molecular weight excluding hydrogens is 454 g/mol. The second-order valence-electron chi connectivity index (χ2n) is 8.09. The van der Waals surface area contributed by atoms with E-state index in [-0.39, 0.29) is 44.3 Å². The topological polar surface area (TPSA) is 99.1 Å². The summed E-state index contributed by atoms with van der Waals surface area (Å²) in [5.41, 5.74) is 2.51. The maximum Gasteiger partial charge on any atom is 0.262 e. The molecule has 2 aliphatic rings. The van der Waals surface area contributed by atoms with Crippen LogP contribution in [-0.2, 0) is 19.1 Å². The van der Waals surface area contributed by atoms with Crippen molar-refractivity contribution in [2.24, 2.45) is 5.10 Å². The summed E-state index contributed by atoms with van der Waals surface area (Å²) >= 11 is 0. The van der Waals surface area contributed by atoms with Gasteiger partial charge in [0.25, 0.3) is 5.91 Å². The van der Waals surface area contributed by atoms with Crippen molar-refractivity contribution in [3.05, 3.63) is 53.6 Å². The smallest absolute Gasteiger partial charge is 0.262 e. The summed E-state index contributed by atoms with van der Waals surface area (Å²) in [6.45, 7) is 0.460. The van der Waals surface area contributed by atoms with Gasteiger partial charge in [0.2, 0.25) is 12.7 Å². The summed E-state index contributed by atoms with van der Waals surface area (Å²) in [7, 11) is 4.59. The molecule has 2 aromatic rings. The van der Waals surface area contributed by atoms with Crippen molar-refractivity contribution in [3.8, 4) is 17.2 Å². The number of rotatable bonds is 10. The first-order valence-electron chi connectivity index (χ1n) is 11.2. The number of carbonyl (C=O) groups excluding carboxylic acids is 2. The molecule has 0 fully saturated rings. The van der Waals surface area contributed by atoms with Gasteiger partial charge >= 0.3 is 0 Å². The van der Waals surface area contributed by atoms with E-state index in [1.54, 1.807) is 14.2 Å². The fourth-order valence-corrected chi connectivity index (χ4v) is 4.02. The average molecular weight is 484 g/mol. The summed E-state index contributed by atoms with van der Waals surface area (Å²) in [4.78, 5) is 27.4. The highest BCUT2D eigenvalue weighted by molar-refractivity contribution is 6.03. The molecule has 1 atom stereocenters. The van der Waals surface area contributed by atoms with E-state index in [1.807, 2.05) is 42.5 Å². The lowest BCUT2D eigenvalue weighted by Crippen LogP contribution is -2.44. The predicted molar refractivity (Wildman–Crippen MR) is 127 cm³/mol. The zero-order valence-electron chi connectivity index (χ0n) is 20.1. The van der Waals surface area contributed by atoms with Crippen LogP contribution < -0.4 is 14.2 Å². The summed E-state index contributed by atoms with van der Waals surface area (Å²) < 4.78 is 26.3. The van der Waals surface area contributed by atoms with Crippen LogP contribution in [0.1, 0.15) is 23.6 Å². The fourth-order valence-electron chi connectivity index (χ4n) is 4.02. The van der Waals surface area contributed by atoms with E-state index in [2.05, 4.69) is 0 Å². The molecule has 1 unspecified atom stereocenters. The summed E-state index contributed by atoms with van der Waals surface area (Å²) in [5.74, 6) is 1.42. The van der Waals surface area contributed by atoms with Crippen molar-refractivity contribution in [3.63, 3.8) is 0 Å². The first kappa shape index (κ1) is 24.5. The minimum Gasteiger partial charge on any atom is -0.497 e. The predicted octanol–water partition coefficient (Wildman–Crippen LogP) is 2.22. The van der Waals surface area contributed by atoms with Crippen molar-refractivity contribution in [2.75, 3.05) is 54.4 Å². The quantitative estimate of drug-likeness (QED) is 0.511. The molecule has 186 valence electrons. The Morgan fingerprint density at radius 1 is 1.06 bits per heavy atom. The minimum absolute atomic E-state index is 0.122. The van der Waals surface area contributed by atoms with Crippen molar-refractivity contribution < 1.29 is 33.3 Å². The van der Waals surface area contributed by atoms with Gasteiger partial charge in [-0.05, 0) is 47.5 Å². The van der Waals surface area contributed by atoms with Crippen LogP contribution in [0.25, 0.3) is 0 Å². The van der Waals surface area contributed by atoms with E-state index in [0.29, 0.717) is 24.5 Å². The molecule has 4 rings (SSSR count). The average Bonchev–Trinajstić information content (AvgIpc) is 3.53. The molecule has 0 aromatic heterocycles. The van der Waals surface area contributed by atoms with Gasteiger partial charge in [-0.2, -0.15) is 5.10 Å². The molecule has 2 heterocycles. The molecule has 35 heavy (non-hydrogen) atoms. The Labute approximate surface area is 203 Å².